The highest BCUT2D eigenvalue weighted by Gasteiger charge is 2.36. The van der Waals surface area contributed by atoms with Crippen LogP contribution in [-0.2, 0) is 0 Å². The van der Waals surface area contributed by atoms with Crippen LogP contribution in [0.15, 0.2) is 48.5 Å². The van der Waals surface area contributed by atoms with Crippen LogP contribution in [0.4, 0.5) is 0 Å². The first kappa shape index (κ1) is 14.3. The van der Waals surface area contributed by atoms with E-state index >= 15 is 0 Å². The summed E-state index contributed by atoms with van der Waals surface area (Å²) in [5, 5.41) is 4.75. The fraction of sp³-hybridized carbons (Fsp3) is 0.368. The van der Waals surface area contributed by atoms with Crippen molar-refractivity contribution in [2.75, 3.05) is 14.1 Å². The molecular weight excluding hydrogens is 256 g/mol. The standard InChI is InChI=1S/C19H24N2/c1-14-7-5-9-16(11-14)18-13-19(21(4)20(18)3)17-10-6-8-15(2)12-17/h5-12,18-19H,13H2,1-4H3. The summed E-state index contributed by atoms with van der Waals surface area (Å²) in [6.07, 6.45) is 1.14. The third kappa shape index (κ3) is 2.74. The van der Waals surface area contributed by atoms with Gasteiger partial charge in [-0.2, -0.15) is 0 Å². The maximum Gasteiger partial charge on any atom is 0.0511 e. The Hall–Kier alpha value is -1.64. The summed E-state index contributed by atoms with van der Waals surface area (Å²) in [6.45, 7) is 4.33. The lowest BCUT2D eigenvalue weighted by molar-refractivity contribution is 0.0252. The Bertz CT molecular complexity index is 579. The first-order valence-corrected chi connectivity index (χ1v) is 7.65. The Morgan fingerprint density at radius 1 is 0.762 bits per heavy atom. The van der Waals surface area contributed by atoms with E-state index in [1.807, 2.05) is 0 Å². The van der Waals surface area contributed by atoms with E-state index in [4.69, 9.17) is 0 Å². The maximum absolute atomic E-state index is 2.38. The topological polar surface area (TPSA) is 6.48 Å². The molecule has 1 fully saturated rings. The molecule has 2 heteroatoms. The fourth-order valence-corrected chi connectivity index (χ4v) is 3.41. The quantitative estimate of drug-likeness (QED) is 0.810. The maximum atomic E-state index is 2.38. The highest BCUT2D eigenvalue weighted by molar-refractivity contribution is 5.29. The lowest BCUT2D eigenvalue weighted by atomic mass is 9.95. The Labute approximate surface area is 128 Å². The summed E-state index contributed by atoms with van der Waals surface area (Å²) < 4.78 is 0. The first-order chi connectivity index (χ1) is 10.1. The number of hydrazine groups is 1. The summed E-state index contributed by atoms with van der Waals surface area (Å²) in [7, 11) is 4.39. The van der Waals surface area contributed by atoms with E-state index in [2.05, 4.69) is 86.5 Å². The lowest BCUT2D eigenvalue weighted by Gasteiger charge is -2.28. The molecule has 0 amide bonds. The molecule has 2 aromatic carbocycles. The minimum Gasteiger partial charge on any atom is -0.237 e. The molecule has 2 unspecified atom stereocenters. The van der Waals surface area contributed by atoms with E-state index < -0.39 is 0 Å². The third-order valence-corrected chi connectivity index (χ3v) is 4.70. The van der Waals surface area contributed by atoms with Gasteiger partial charge in [-0.05, 0) is 31.4 Å². The SMILES string of the molecule is Cc1cccc(C2CC(c3cccc(C)c3)N(C)N2C)c1. The molecule has 1 saturated heterocycles. The van der Waals surface area contributed by atoms with Gasteiger partial charge in [0.05, 0.1) is 12.1 Å². The molecule has 0 radical (unpaired) electrons. The molecule has 1 aliphatic heterocycles. The van der Waals surface area contributed by atoms with E-state index in [1.54, 1.807) is 0 Å². The van der Waals surface area contributed by atoms with Gasteiger partial charge in [0.2, 0.25) is 0 Å². The van der Waals surface area contributed by atoms with E-state index in [9.17, 15) is 0 Å². The zero-order valence-corrected chi connectivity index (χ0v) is 13.4. The van der Waals surface area contributed by atoms with Gasteiger partial charge in [0.15, 0.2) is 0 Å². The highest BCUT2D eigenvalue weighted by Crippen LogP contribution is 2.42. The number of benzene rings is 2. The first-order valence-electron chi connectivity index (χ1n) is 7.65. The van der Waals surface area contributed by atoms with Gasteiger partial charge in [-0.3, -0.25) is 0 Å². The molecule has 0 bridgehead atoms. The van der Waals surface area contributed by atoms with Gasteiger partial charge in [0, 0.05) is 14.1 Å². The van der Waals surface area contributed by atoms with E-state index in [1.165, 1.54) is 22.3 Å². The van der Waals surface area contributed by atoms with Crippen LogP contribution >= 0.6 is 0 Å². The molecule has 2 aromatic rings. The molecule has 2 nitrogen and oxygen atoms in total. The van der Waals surface area contributed by atoms with Crippen molar-refractivity contribution in [3.05, 3.63) is 70.8 Å². The monoisotopic (exact) mass is 280 g/mol. The second-order valence-corrected chi connectivity index (χ2v) is 6.24. The predicted molar refractivity (Wildman–Crippen MR) is 88.0 cm³/mol. The largest absolute Gasteiger partial charge is 0.237 e. The number of hydrogen-bond donors (Lipinski definition) is 0. The van der Waals surface area contributed by atoms with Crippen molar-refractivity contribution in [1.82, 2.24) is 10.0 Å². The zero-order valence-electron chi connectivity index (χ0n) is 13.4. The molecule has 0 aliphatic carbocycles. The lowest BCUT2D eigenvalue weighted by Crippen LogP contribution is -2.32. The van der Waals surface area contributed by atoms with Gasteiger partial charge in [0.25, 0.3) is 0 Å². The molecule has 0 spiro atoms. The van der Waals surface area contributed by atoms with Gasteiger partial charge >= 0.3 is 0 Å². The second-order valence-electron chi connectivity index (χ2n) is 6.24. The van der Waals surface area contributed by atoms with Crippen molar-refractivity contribution in [3.63, 3.8) is 0 Å². The van der Waals surface area contributed by atoms with Gasteiger partial charge in [0.1, 0.15) is 0 Å². The highest BCUT2D eigenvalue weighted by atomic mass is 15.6. The van der Waals surface area contributed by atoms with Crippen molar-refractivity contribution in [1.29, 1.82) is 0 Å². The van der Waals surface area contributed by atoms with Crippen molar-refractivity contribution >= 4 is 0 Å². The van der Waals surface area contributed by atoms with Gasteiger partial charge < -0.3 is 0 Å². The van der Waals surface area contributed by atoms with E-state index in [-0.39, 0.29) is 0 Å². The number of nitrogens with zero attached hydrogens (tertiary/aromatic N) is 2. The van der Waals surface area contributed by atoms with Crippen LogP contribution in [0, 0.1) is 13.8 Å². The Balaban J connectivity index is 1.90. The van der Waals surface area contributed by atoms with Crippen LogP contribution in [0.5, 0.6) is 0 Å². The minimum absolute atomic E-state index is 0.459. The normalized spacial score (nSPS) is 23.6. The van der Waals surface area contributed by atoms with Crippen molar-refractivity contribution in [3.8, 4) is 0 Å². The zero-order chi connectivity index (χ0) is 15.0. The Morgan fingerprint density at radius 3 is 1.57 bits per heavy atom. The van der Waals surface area contributed by atoms with Crippen LogP contribution < -0.4 is 0 Å². The van der Waals surface area contributed by atoms with Crippen LogP contribution in [0.3, 0.4) is 0 Å². The molecule has 0 saturated carbocycles. The smallest absolute Gasteiger partial charge is 0.0511 e. The summed E-state index contributed by atoms with van der Waals surface area (Å²) in [5.74, 6) is 0. The molecule has 0 aromatic heterocycles. The van der Waals surface area contributed by atoms with Crippen molar-refractivity contribution < 1.29 is 0 Å². The summed E-state index contributed by atoms with van der Waals surface area (Å²) in [5.41, 5.74) is 5.50. The number of aryl methyl sites for hydroxylation is 2. The van der Waals surface area contributed by atoms with Gasteiger partial charge in [-0.15, -0.1) is 0 Å². The average Bonchev–Trinajstić information content (AvgIpc) is 2.75. The summed E-state index contributed by atoms with van der Waals surface area (Å²) in [4.78, 5) is 0. The molecule has 3 rings (SSSR count). The molecule has 0 N–H and O–H groups in total. The average molecular weight is 280 g/mol. The summed E-state index contributed by atoms with van der Waals surface area (Å²) in [6, 6.07) is 18.7. The molecule has 1 aliphatic rings. The van der Waals surface area contributed by atoms with Crippen LogP contribution in [-0.4, -0.2) is 24.1 Å². The minimum atomic E-state index is 0.459. The molecular formula is C19H24N2. The molecule has 21 heavy (non-hydrogen) atoms. The Morgan fingerprint density at radius 2 is 1.19 bits per heavy atom. The Kier molecular flexibility index (Phi) is 3.83. The predicted octanol–water partition coefficient (Wildman–Crippen LogP) is 4.27. The number of hydrogen-bond acceptors (Lipinski definition) is 2. The van der Waals surface area contributed by atoms with E-state index in [0.29, 0.717) is 12.1 Å². The van der Waals surface area contributed by atoms with Gasteiger partial charge in [-0.1, -0.05) is 59.7 Å². The summed E-state index contributed by atoms with van der Waals surface area (Å²) >= 11 is 0. The fourth-order valence-electron chi connectivity index (χ4n) is 3.41. The van der Waals surface area contributed by atoms with Gasteiger partial charge in [-0.25, -0.2) is 10.0 Å². The van der Waals surface area contributed by atoms with Crippen LogP contribution in [0.2, 0.25) is 0 Å². The van der Waals surface area contributed by atoms with E-state index in [0.717, 1.165) is 6.42 Å². The molecule has 2 atom stereocenters. The second kappa shape index (κ2) is 5.63. The van der Waals surface area contributed by atoms with Crippen LogP contribution in [0.25, 0.3) is 0 Å². The number of rotatable bonds is 2. The molecule has 110 valence electrons. The molecule has 1 heterocycles. The third-order valence-electron chi connectivity index (χ3n) is 4.70. The van der Waals surface area contributed by atoms with Crippen LogP contribution in [0.1, 0.15) is 40.8 Å². The van der Waals surface area contributed by atoms with Crippen molar-refractivity contribution in [2.45, 2.75) is 32.4 Å². The van der Waals surface area contributed by atoms with Crippen molar-refractivity contribution in [2.24, 2.45) is 0 Å².